The number of ether oxygens (including phenoxy) is 1. The largest absolute Gasteiger partial charge is 0.474 e. The van der Waals surface area contributed by atoms with Crippen molar-refractivity contribution in [1.29, 1.82) is 0 Å². The second kappa shape index (κ2) is 9.61. The maximum atomic E-state index is 11.8. The number of urea groups is 1. The Morgan fingerprint density at radius 2 is 1.96 bits per heavy atom. The molecule has 1 saturated carbocycles. The van der Waals surface area contributed by atoms with Gasteiger partial charge in [0, 0.05) is 18.8 Å². The standard InChI is InChI=1S/C19H24N4O4/c24-17(20-12-16-6-3-9-26-16)13-23-19(25)22-11-14-7-8-18(21-10-14)27-15-4-1-2-5-15/h3,6-10,15H,1-2,4-5,11-13H2,(H,20,24)(H2,22,23,25). The molecule has 3 rings (SSSR count). The van der Waals surface area contributed by atoms with Gasteiger partial charge in [-0.25, -0.2) is 9.78 Å². The molecule has 3 N–H and O–H groups in total. The maximum Gasteiger partial charge on any atom is 0.315 e. The van der Waals surface area contributed by atoms with Crippen molar-refractivity contribution in [1.82, 2.24) is 20.9 Å². The third kappa shape index (κ3) is 6.32. The molecule has 0 atom stereocenters. The summed E-state index contributed by atoms with van der Waals surface area (Å²) in [6.07, 6.45) is 8.08. The summed E-state index contributed by atoms with van der Waals surface area (Å²) in [5.74, 6) is 0.973. The van der Waals surface area contributed by atoms with E-state index >= 15 is 0 Å². The fourth-order valence-corrected chi connectivity index (χ4v) is 2.83. The zero-order valence-electron chi connectivity index (χ0n) is 15.1. The van der Waals surface area contributed by atoms with Gasteiger partial charge in [-0.05, 0) is 43.4 Å². The topological polar surface area (TPSA) is 105 Å². The quantitative estimate of drug-likeness (QED) is 0.658. The summed E-state index contributed by atoms with van der Waals surface area (Å²) in [4.78, 5) is 27.7. The minimum Gasteiger partial charge on any atom is -0.474 e. The first-order valence-corrected chi connectivity index (χ1v) is 9.11. The van der Waals surface area contributed by atoms with Crippen LogP contribution in [0.4, 0.5) is 4.79 Å². The van der Waals surface area contributed by atoms with Gasteiger partial charge in [-0.3, -0.25) is 4.79 Å². The Labute approximate surface area is 157 Å². The first-order chi connectivity index (χ1) is 13.2. The van der Waals surface area contributed by atoms with Crippen molar-refractivity contribution < 1.29 is 18.7 Å². The molecule has 8 nitrogen and oxygen atoms in total. The zero-order chi connectivity index (χ0) is 18.9. The molecule has 0 aromatic carbocycles. The molecule has 2 heterocycles. The van der Waals surface area contributed by atoms with Crippen LogP contribution in [0.5, 0.6) is 5.88 Å². The number of pyridine rings is 1. The van der Waals surface area contributed by atoms with Crippen molar-refractivity contribution in [3.63, 3.8) is 0 Å². The van der Waals surface area contributed by atoms with Crippen molar-refractivity contribution in [2.45, 2.75) is 44.9 Å². The van der Waals surface area contributed by atoms with Gasteiger partial charge < -0.3 is 25.1 Å². The highest BCUT2D eigenvalue weighted by atomic mass is 16.5. The van der Waals surface area contributed by atoms with Crippen molar-refractivity contribution in [3.8, 4) is 5.88 Å². The van der Waals surface area contributed by atoms with E-state index in [0.717, 1.165) is 18.4 Å². The molecule has 0 aliphatic heterocycles. The SMILES string of the molecule is O=C(CNC(=O)NCc1ccc(OC2CCCC2)nc1)NCc1ccco1. The van der Waals surface area contributed by atoms with Crippen molar-refractivity contribution >= 4 is 11.9 Å². The van der Waals surface area contributed by atoms with Gasteiger partial charge in [0.15, 0.2) is 0 Å². The van der Waals surface area contributed by atoms with Crippen LogP contribution in [0.1, 0.15) is 37.0 Å². The van der Waals surface area contributed by atoms with Crippen LogP contribution in [-0.4, -0.2) is 29.6 Å². The Hall–Kier alpha value is -3.03. The molecule has 0 spiro atoms. The van der Waals surface area contributed by atoms with E-state index in [4.69, 9.17) is 9.15 Å². The first kappa shape index (κ1) is 18.8. The van der Waals surface area contributed by atoms with E-state index in [1.54, 1.807) is 18.3 Å². The molecule has 144 valence electrons. The Morgan fingerprint density at radius 3 is 2.67 bits per heavy atom. The van der Waals surface area contributed by atoms with E-state index in [1.807, 2.05) is 12.1 Å². The molecular weight excluding hydrogens is 348 g/mol. The second-order valence-electron chi connectivity index (χ2n) is 6.42. The van der Waals surface area contributed by atoms with Gasteiger partial charge in [0.1, 0.15) is 11.9 Å². The van der Waals surface area contributed by atoms with Crippen molar-refractivity contribution in [2.24, 2.45) is 0 Å². The van der Waals surface area contributed by atoms with Gasteiger partial charge in [0.05, 0.1) is 19.4 Å². The molecule has 1 aliphatic carbocycles. The molecule has 8 heteroatoms. The van der Waals surface area contributed by atoms with Gasteiger partial charge in [-0.1, -0.05) is 6.07 Å². The lowest BCUT2D eigenvalue weighted by atomic mass is 10.3. The molecule has 0 bridgehead atoms. The van der Waals surface area contributed by atoms with E-state index in [9.17, 15) is 9.59 Å². The third-order valence-corrected chi connectivity index (χ3v) is 4.29. The molecule has 1 aliphatic rings. The van der Waals surface area contributed by atoms with E-state index in [-0.39, 0.29) is 25.1 Å². The lowest BCUT2D eigenvalue weighted by molar-refractivity contribution is -0.120. The lowest BCUT2D eigenvalue weighted by Gasteiger charge is -2.12. The van der Waals surface area contributed by atoms with Crippen LogP contribution in [0.15, 0.2) is 41.1 Å². The fraction of sp³-hybridized carbons (Fsp3) is 0.421. The van der Waals surface area contributed by atoms with Gasteiger partial charge in [-0.2, -0.15) is 0 Å². The summed E-state index contributed by atoms with van der Waals surface area (Å²) in [5, 5.41) is 7.84. The number of carbonyl (C=O) groups is 2. The molecule has 2 aromatic rings. The predicted octanol–water partition coefficient (Wildman–Crippen LogP) is 2.11. The smallest absolute Gasteiger partial charge is 0.315 e. The number of carbonyl (C=O) groups excluding carboxylic acids is 2. The van der Waals surface area contributed by atoms with Crippen LogP contribution < -0.4 is 20.7 Å². The van der Waals surface area contributed by atoms with Crippen LogP contribution in [0.25, 0.3) is 0 Å². The van der Waals surface area contributed by atoms with Crippen molar-refractivity contribution in [2.75, 3.05) is 6.54 Å². The Balaban J connectivity index is 1.31. The molecule has 2 aromatic heterocycles. The maximum absolute atomic E-state index is 11.8. The average molecular weight is 372 g/mol. The zero-order valence-corrected chi connectivity index (χ0v) is 15.1. The predicted molar refractivity (Wildman–Crippen MR) is 97.9 cm³/mol. The van der Waals surface area contributed by atoms with Crippen LogP contribution in [0.3, 0.4) is 0 Å². The number of nitrogens with one attached hydrogen (secondary N) is 3. The first-order valence-electron chi connectivity index (χ1n) is 9.11. The Kier molecular flexibility index (Phi) is 6.67. The fourth-order valence-electron chi connectivity index (χ4n) is 2.83. The van der Waals surface area contributed by atoms with Crippen molar-refractivity contribution in [3.05, 3.63) is 48.0 Å². The minimum atomic E-state index is -0.422. The number of aromatic nitrogens is 1. The van der Waals surface area contributed by atoms with Gasteiger partial charge in [0.25, 0.3) is 0 Å². The normalized spacial score (nSPS) is 13.9. The third-order valence-electron chi connectivity index (χ3n) is 4.29. The Bertz CT molecular complexity index is 725. The lowest BCUT2D eigenvalue weighted by Crippen LogP contribution is -2.41. The minimum absolute atomic E-state index is 0.112. The Morgan fingerprint density at radius 1 is 1.11 bits per heavy atom. The number of furan rings is 1. The molecule has 0 saturated heterocycles. The van der Waals surface area contributed by atoms with Crippen LogP contribution in [-0.2, 0) is 17.9 Å². The summed E-state index contributed by atoms with van der Waals surface area (Å²) in [5.41, 5.74) is 0.853. The summed E-state index contributed by atoms with van der Waals surface area (Å²) in [6.45, 7) is 0.492. The summed E-state index contributed by atoms with van der Waals surface area (Å²) in [6, 6.07) is 6.77. The van der Waals surface area contributed by atoms with E-state index < -0.39 is 6.03 Å². The molecule has 1 fully saturated rings. The number of hydrogen-bond donors (Lipinski definition) is 3. The molecule has 3 amide bonds. The number of rotatable bonds is 8. The molecule has 27 heavy (non-hydrogen) atoms. The summed E-state index contributed by atoms with van der Waals surface area (Å²) in [7, 11) is 0. The highest BCUT2D eigenvalue weighted by Gasteiger charge is 2.16. The van der Waals surface area contributed by atoms with Crippen LogP contribution in [0.2, 0.25) is 0 Å². The van der Waals surface area contributed by atoms with Crippen LogP contribution >= 0.6 is 0 Å². The molecule has 0 radical (unpaired) electrons. The van der Waals surface area contributed by atoms with Gasteiger partial charge in [-0.15, -0.1) is 0 Å². The molecular formula is C19H24N4O4. The molecule has 0 unspecified atom stereocenters. The van der Waals surface area contributed by atoms with Gasteiger partial charge in [0.2, 0.25) is 11.8 Å². The average Bonchev–Trinajstić information content (AvgIpc) is 3.38. The number of nitrogens with zero attached hydrogens (tertiary/aromatic N) is 1. The van der Waals surface area contributed by atoms with Gasteiger partial charge >= 0.3 is 6.03 Å². The highest BCUT2D eigenvalue weighted by Crippen LogP contribution is 2.22. The number of hydrogen-bond acceptors (Lipinski definition) is 5. The van der Waals surface area contributed by atoms with E-state index in [1.165, 1.54) is 19.1 Å². The van der Waals surface area contributed by atoms with Crippen LogP contribution in [0, 0.1) is 0 Å². The van der Waals surface area contributed by atoms with E-state index in [0.29, 0.717) is 18.2 Å². The second-order valence-corrected chi connectivity index (χ2v) is 6.42. The van der Waals surface area contributed by atoms with E-state index in [2.05, 4.69) is 20.9 Å². The summed E-state index contributed by atoms with van der Waals surface area (Å²) < 4.78 is 10.9. The highest BCUT2D eigenvalue weighted by molar-refractivity contribution is 5.83. The summed E-state index contributed by atoms with van der Waals surface area (Å²) >= 11 is 0. The number of amides is 3. The monoisotopic (exact) mass is 372 g/mol.